The number of aromatic nitrogens is 8. The number of halogens is 1. The smallest absolute Gasteiger partial charge is 0.312 e. The van der Waals surface area contributed by atoms with E-state index in [-0.39, 0.29) is 11.8 Å². The van der Waals surface area contributed by atoms with E-state index in [4.69, 9.17) is 16.0 Å². The summed E-state index contributed by atoms with van der Waals surface area (Å²) in [6.45, 7) is 0.435. The van der Waals surface area contributed by atoms with E-state index in [9.17, 15) is 4.79 Å². The quantitative estimate of drug-likeness (QED) is 0.419. The molecule has 0 aliphatic carbocycles. The fraction of sp³-hybridized carbons (Fsp3) is 0.200. The highest BCUT2D eigenvalue weighted by Crippen LogP contribution is 2.34. The summed E-state index contributed by atoms with van der Waals surface area (Å²) >= 11 is 6.30. The fourth-order valence-electron chi connectivity index (χ4n) is 4.01. The van der Waals surface area contributed by atoms with Crippen molar-refractivity contribution in [1.29, 1.82) is 0 Å². The van der Waals surface area contributed by atoms with Crippen molar-refractivity contribution in [2.75, 3.05) is 6.54 Å². The summed E-state index contributed by atoms with van der Waals surface area (Å²) in [5.41, 5.74) is 3.80. The van der Waals surface area contributed by atoms with Crippen LogP contribution < -0.4 is 0 Å². The van der Waals surface area contributed by atoms with E-state index in [0.717, 1.165) is 16.9 Å². The molecule has 5 aromatic heterocycles. The van der Waals surface area contributed by atoms with E-state index in [2.05, 4.69) is 30.4 Å². The van der Waals surface area contributed by atoms with E-state index in [1.165, 1.54) is 0 Å². The summed E-state index contributed by atoms with van der Waals surface area (Å²) in [7, 11) is 1.78. The minimum atomic E-state index is -0.526. The topological polar surface area (TPSA) is 123 Å². The number of pyridine rings is 1. The lowest BCUT2D eigenvalue weighted by Gasteiger charge is -2.32. The molecule has 6 heterocycles. The molecule has 0 aromatic carbocycles. The van der Waals surface area contributed by atoms with Gasteiger partial charge in [0.25, 0.3) is 5.89 Å². The van der Waals surface area contributed by atoms with Crippen molar-refractivity contribution in [3.05, 3.63) is 71.1 Å². The summed E-state index contributed by atoms with van der Waals surface area (Å²) in [5, 5.41) is 17.2. The Labute approximate surface area is 185 Å². The zero-order valence-corrected chi connectivity index (χ0v) is 17.6. The molecule has 0 saturated carbocycles. The summed E-state index contributed by atoms with van der Waals surface area (Å²) < 4.78 is 8.94. The monoisotopic (exact) mass is 449 g/mol. The third-order valence-corrected chi connectivity index (χ3v) is 5.77. The van der Waals surface area contributed by atoms with Crippen LogP contribution >= 0.6 is 11.6 Å². The summed E-state index contributed by atoms with van der Waals surface area (Å²) in [5.74, 6) is -0.265. The minimum absolute atomic E-state index is 0.102. The molecule has 160 valence electrons. The molecular weight excluding hydrogens is 434 g/mol. The highest BCUT2D eigenvalue weighted by Gasteiger charge is 2.38. The Kier molecular flexibility index (Phi) is 4.12. The van der Waals surface area contributed by atoms with Gasteiger partial charge in [-0.1, -0.05) is 17.7 Å². The first-order chi connectivity index (χ1) is 15.6. The molecule has 0 spiro atoms. The van der Waals surface area contributed by atoms with Crippen LogP contribution in [-0.4, -0.2) is 56.9 Å². The largest absolute Gasteiger partial charge is 0.412 e. The summed E-state index contributed by atoms with van der Waals surface area (Å²) in [6.07, 6.45) is 5.58. The zero-order chi connectivity index (χ0) is 21.8. The number of nitrogens with one attached hydrogen (secondary N) is 1. The predicted molar refractivity (Wildman–Crippen MR) is 112 cm³/mol. The Morgan fingerprint density at radius 1 is 1.31 bits per heavy atom. The lowest BCUT2D eigenvalue weighted by molar-refractivity contribution is 0.0646. The number of H-pyrrole nitrogens is 1. The maximum Gasteiger partial charge on any atom is 0.312 e. The summed E-state index contributed by atoms with van der Waals surface area (Å²) in [6, 6.07) is 6.89. The zero-order valence-electron chi connectivity index (χ0n) is 16.8. The van der Waals surface area contributed by atoms with Gasteiger partial charge in [0, 0.05) is 31.9 Å². The number of carbonyl (C=O) groups is 1. The molecule has 5 aromatic rings. The van der Waals surface area contributed by atoms with Gasteiger partial charge in [-0.3, -0.25) is 9.48 Å². The maximum atomic E-state index is 13.5. The Balaban J connectivity index is 1.41. The van der Waals surface area contributed by atoms with Crippen LogP contribution in [0.15, 0.2) is 47.4 Å². The predicted octanol–water partition coefficient (Wildman–Crippen LogP) is 2.28. The van der Waals surface area contributed by atoms with Gasteiger partial charge < -0.3 is 14.3 Å². The molecule has 0 unspecified atom stereocenters. The molecule has 0 radical (unpaired) electrons. The third kappa shape index (κ3) is 2.89. The van der Waals surface area contributed by atoms with Crippen molar-refractivity contribution in [2.24, 2.45) is 7.05 Å². The van der Waals surface area contributed by atoms with Gasteiger partial charge in [0.05, 0.1) is 35.0 Å². The number of aromatic amines is 1. The van der Waals surface area contributed by atoms with Gasteiger partial charge in [0.15, 0.2) is 0 Å². The Bertz CT molecular complexity index is 1460. The fourth-order valence-corrected chi connectivity index (χ4v) is 4.22. The van der Waals surface area contributed by atoms with E-state index in [1.807, 2.05) is 18.2 Å². The van der Waals surface area contributed by atoms with Crippen LogP contribution in [0.4, 0.5) is 0 Å². The van der Waals surface area contributed by atoms with E-state index in [1.54, 1.807) is 45.9 Å². The second kappa shape index (κ2) is 7.02. The van der Waals surface area contributed by atoms with Crippen LogP contribution in [0.25, 0.3) is 17.0 Å². The van der Waals surface area contributed by atoms with Crippen LogP contribution in [0.2, 0.25) is 5.15 Å². The van der Waals surface area contributed by atoms with Crippen molar-refractivity contribution in [1.82, 2.24) is 44.5 Å². The van der Waals surface area contributed by atoms with Crippen molar-refractivity contribution < 1.29 is 9.21 Å². The Morgan fingerprint density at radius 3 is 3.03 bits per heavy atom. The van der Waals surface area contributed by atoms with Crippen molar-refractivity contribution in [3.8, 4) is 11.5 Å². The van der Waals surface area contributed by atoms with Gasteiger partial charge in [0.1, 0.15) is 11.2 Å². The number of hydrogen-bond donors (Lipinski definition) is 1. The van der Waals surface area contributed by atoms with Gasteiger partial charge in [-0.05, 0) is 18.2 Å². The third-order valence-electron chi connectivity index (χ3n) is 5.48. The maximum absolute atomic E-state index is 13.5. The molecule has 1 aliphatic heterocycles. The first-order valence-electron chi connectivity index (χ1n) is 9.88. The molecule has 11 nitrogen and oxygen atoms in total. The van der Waals surface area contributed by atoms with Crippen LogP contribution in [-0.2, 0) is 13.5 Å². The van der Waals surface area contributed by atoms with Gasteiger partial charge in [0.2, 0.25) is 0 Å². The normalized spacial score (nSPS) is 15.9. The molecule has 1 aliphatic rings. The molecule has 6 rings (SSSR count). The SMILES string of the molecule is Cn1cc(-c2nnc(C(=O)N3CCc4[nH]cnc4[C@H]3c3cc4cccc(Cl)n4n3)o2)cn1. The molecule has 32 heavy (non-hydrogen) atoms. The van der Waals surface area contributed by atoms with Crippen molar-refractivity contribution in [2.45, 2.75) is 12.5 Å². The highest BCUT2D eigenvalue weighted by atomic mass is 35.5. The number of imidazole rings is 1. The standard InChI is InChI=1S/C20H16ClN9O2/c1-28-9-11(8-24-28)18-25-26-19(32-18)20(31)29-6-5-13-16(23-10-22-13)17(29)14-7-12-3-2-4-15(21)30(12)27-14/h2-4,7-10,17H,5-6H2,1H3,(H,22,23)/t17-/m1/s1. The average molecular weight is 450 g/mol. The molecule has 0 saturated heterocycles. The van der Waals surface area contributed by atoms with Crippen molar-refractivity contribution in [3.63, 3.8) is 0 Å². The second-order valence-corrected chi connectivity index (χ2v) is 7.87. The van der Waals surface area contributed by atoms with Gasteiger partial charge in [-0.15, -0.1) is 10.2 Å². The molecule has 12 heteroatoms. The van der Waals surface area contributed by atoms with Gasteiger partial charge in [-0.2, -0.15) is 10.2 Å². The number of fused-ring (bicyclic) bond motifs is 2. The van der Waals surface area contributed by atoms with Crippen LogP contribution in [0.3, 0.4) is 0 Å². The average Bonchev–Trinajstić information content (AvgIpc) is 3.57. The number of nitrogens with zero attached hydrogens (tertiary/aromatic N) is 8. The summed E-state index contributed by atoms with van der Waals surface area (Å²) in [4.78, 5) is 22.7. The van der Waals surface area contributed by atoms with Gasteiger partial charge >= 0.3 is 11.8 Å². The molecule has 0 bridgehead atoms. The van der Waals surface area contributed by atoms with Crippen molar-refractivity contribution >= 4 is 23.0 Å². The first kappa shape index (κ1) is 18.8. The van der Waals surface area contributed by atoms with E-state index < -0.39 is 11.9 Å². The second-order valence-electron chi connectivity index (χ2n) is 7.49. The number of rotatable bonds is 3. The van der Waals surface area contributed by atoms with Crippen LogP contribution in [0.5, 0.6) is 0 Å². The first-order valence-corrected chi connectivity index (χ1v) is 10.3. The number of aryl methyl sites for hydroxylation is 1. The number of amides is 1. The number of hydrogen-bond acceptors (Lipinski definition) is 7. The molecule has 1 N–H and O–H groups in total. The van der Waals surface area contributed by atoms with E-state index in [0.29, 0.717) is 29.4 Å². The van der Waals surface area contributed by atoms with Crippen LogP contribution in [0.1, 0.15) is 33.8 Å². The minimum Gasteiger partial charge on any atom is -0.412 e. The lowest BCUT2D eigenvalue weighted by Crippen LogP contribution is -2.41. The molecule has 1 atom stereocenters. The molecule has 1 amide bonds. The highest BCUT2D eigenvalue weighted by molar-refractivity contribution is 6.29. The Morgan fingerprint density at radius 2 is 2.22 bits per heavy atom. The van der Waals surface area contributed by atoms with E-state index >= 15 is 0 Å². The lowest BCUT2D eigenvalue weighted by atomic mass is 9.99. The molecular formula is C20H16ClN9O2. The Hall–Kier alpha value is -3.99. The van der Waals surface area contributed by atoms with Crippen LogP contribution in [0, 0.1) is 0 Å². The molecule has 0 fully saturated rings. The number of carbonyl (C=O) groups excluding carboxylic acids is 1. The van der Waals surface area contributed by atoms with Gasteiger partial charge in [-0.25, -0.2) is 9.50 Å².